The molecule has 1 aliphatic heterocycles. The minimum atomic E-state index is -0.266. The molecule has 3 aromatic rings. The van der Waals surface area contributed by atoms with Crippen molar-refractivity contribution in [2.75, 3.05) is 43.0 Å². The smallest absolute Gasteiger partial charge is 0.289 e. The lowest BCUT2D eigenvalue weighted by atomic mass is 10.2. The standard InChI is InChI=1S/C23H22ClN3O4/c24-19-15-17(25-22(28)16-31-18-5-2-1-3-6-18)8-9-20(19)26-10-12-27(13-11-26)23(29)21-7-4-14-30-21/h1-9,14-15H,10-13,16H2,(H,25,28). The van der Waals surface area contributed by atoms with E-state index < -0.39 is 0 Å². The maximum Gasteiger partial charge on any atom is 0.289 e. The summed E-state index contributed by atoms with van der Waals surface area (Å²) in [6.45, 7) is 2.37. The first-order chi connectivity index (χ1) is 15.1. The van der Waals surface area contributed by atoms with Gasteiger partial charge in [-0.1, -0.05) is 29.8 Å². The molecule has 0 aliphatic carbocycles. The van der Waals surface area contributed by atoms with Crippen molar-refractivity contribution in [1.29, 1.82) is 0 Å². The van der Waals surface area contributed by atoms with Gasteiger partial charge >= 0.3 is 0 Å². The summed E-state index contributed by atoms with van der Waals surface area (Å²) < 4.78 is 10.7. The van der Waals surface area contributed by atoms with E-state index in [0.717, 1.165) is 5.69 Å². The number of amides is 2. The maximum atomic E-state index is 12.4. The minimum absolute atomic E-state index is 0.0883. The van der Waals surface area contributed by atoms with E-state index in [1.54, 1.807) is 35.2 Å². The number of benzene rings is 2. The van der Waals surface area contributed by atoms with Gasteiger partial charge in [-0.15, -0.1) is 0 Å². The van der Waals surface area contributed by atoms with Crippen LogP contribution in [0.25, 0.3) is 0 Å². The number of rotatable bonds is 6. The number of nitrogens with one attached hydrogen (secondary N) is 1. The molecule has 2 heterocycles. The predicted molar refractivity (Wildman–Crippen MR) is 119 cm³/mol. The van der Waals surface area contributed by atoms with E-state index >= 15 is 0 Å². The summed E-state index contributed by atoms with van der Waals surface area (Å²) in [5.74, 6) is 0.614. The predicted octanol–water partition coefficient (Wildman–Crippen LogP) is 3.91. The molecular formula is C23H22ClN3O4. The van der Waals surface area contributed by atoms with Gasteiger partial charge in [0.15, 0.2) is 12.4 Å². The third-order valence-corrected chi connectivity index (χ3v) is 5.29. The SMILES string of the molecule is O=C(COc1ccccc1)Nc1ccc(N2CCN(C(=O)c3ccco3)CC2)c(Cl)c1. The van der Waals surface area contributed by atoms with Crippen LogP contribution in [-0.2, 0) is 4.79 Å². The highest BCUT2D eigenvalue weighted by Gasteiger charge is 2.24. The Morgan fingerprint density at radius 1 is 1.00 bits per heavy atom. The number of nitrogens with zero attached hydrogens (tertiary/aromatic N) is 2. The molecule has 2 aromatic carbocycles. The molecule has 0 unspecified atom stereocenters. The van der Waals surface area contributed by atoms with Crippen molar-refractivity contribution in [3.63, 3.8) is 0 Å². The Balaban J connectivity index is 1.30. The van der Waals surface area contributed by atoms with Crippen molar-refractivity contribution in [3.8, 4) is 5.75 Å². The molecule has 0 atom stereocenters. The number of piperazine rings is 1. The number of anilines is 2. The average Bonchev–Trinajstić information content (AvgIpc) is 3.33. The van der Waals surface area contributed by atoms with Crippen LogP contribution in [0, 0.1) is 0 Å². The Bertz CT molecular complexity index is 1030. The van der Waals surface area contributed by atoms with Crippen LogP contribution >= 0.6 is 11.6 Å². The van der Waals surface area contributed by atoms with Gasteiger partial charge in [-0.05, 0) is 42.5 Å². The summed E-state index contributed by atoms with van der Waals surface area (Å²) in [4.78, 5) is 28.4. The number of hydrogen-bond donors (Lipinski definition) is 1. The Morgan fingerprint density at radius 2 is 1.77 bits per heavy atom. The van der Waals surface area contributed by atoms with Gasteiger partial charge in [-0.3, -0.25) is 9.59 Å². The van der Waals surface area contributed by atoms with Crippen molar-refractivity contribution >= 4 is 34.8 Å². The van der Waals surface area contributed by atoms with Gasteiger partial charge in [0.25, 0.3) is 11.8 Å². The zero-order chi connectivity index (χ0) is 21.6. The van der Waals surface area contributed by atoms with Crippen LogP contribution < -0.4 is 15.0 Å². The van der Waals surface area contributed by atoms with E-state index in [4.69, 9.17) is 20.8 Å². The number of halogens is 1. The number of carbonyl (C=O) groups excluding carboxylic acids is 2. The Kier molecular flexibility index (Phi) is 6.43. The number of ether oxygens (including phenoxy) is 1. The summed E-state index contributed by atoms with van der Waals surface area (Å²) in [6.07, 6.45) is 1.50. The zero-order valence-corrected chi connectivity index (χ0v) is 17.5. The summed E-state index contributed by atoms with van der Waals surface area (Å²) in [7, 11) is 0. The van der Waals surface area contributed by atoms with E-state index in [2.05, 4.69) is 10.2 Å². The quantitative estimate of drug-likeness (QED) is 0.630. The minimum Gasteiger partial charge on any atom is -0.484 e. The molecule has 31 heavy (non-hydrogen) atoms. The number of carbonyl (C=O) groups is 2. The second-order valence-corrected chi connectivity index (χ2v) is 7.48. The molecule has 2 amide bonds. The highest BCUT2D eigenvalue weighted by atomic mass is 35.5. The fourth-order valence-electron chi connectivity index (χ4n) is 3.41. The van der Waals surface area contributed by atoms with Crippen molar-refractivity contribution < 1.29 is 18.7 Å². The second-order valence-electron chi connectivity index (χ2n) is 7.07. The van der Waals surface area contributed by atoms with Crippen LogP contribution in [0.2, 0.25) is 5.02 Å². The first-order valence-electron chi connectivity index (χ1n) is 9.95. The molecular weight excluding hydrogens is 418 g/mol. The Hall–Kier alpha value is -3.45. The van der Waals surface area contributed by atoms with Crippen molar-refractivity contribution in [2.45, 2.75) is 0 Å². The molecule has 1 fully saturated rings. The van der Waals surface area contributed by atoms with Gasteiger partial charge in [0.2, 0.25) is 0 Å². The summed E-state index contributed by atoms with van der Waals surface area (Å²) in [6, 6.07) is 17.9. The number of hydrogen-bond acceptors (Lipinski definition) is 5. The van der Waals surface area contributed by atoms with Gasteiger partial charge in [0.05, 0.1) is 17.0 Å². The molecule has 8 heteroatoms. The van der Waals surface area contributed by atoms with E-state index in [1.165, 1.54) is 6.26 Å². The van der Waals surface area contributed by atoms with Gasteiger partial charge in [0.1, 0.15) is 5.75 Å². The first-order valence-corrected chi connectivity index (χ1v) is 10.3. The molecule has 1 aromatic heterocycles. The van der Waals surface area contributed by atoms with Crippen LogP contribution in [0.5, 0.6) is 5.75 Å². The van der Waals surface area contributed by atoms with Gasteiger partial charge in [-0.25, -0.2) is 0 Å². The molecule has 0 spiro atoms. The average molecular weight is 440 g/mol. The monoisotopic (exact) mass is 439 g/mol. The molecule has 160 valence electrons. The lowest BCUT2D eigenvalue weighted by Crippen LogP contribution is -2.48. The van der Waals surface area contributed by atoms with Crippen molar-refractivity contribution in [2.24, 2.45) is 0 Å². The van der Waals surface area contributed by atoms with Gasteiger partial charge in [0, 0.05) is 31.9 Å². The Labute approximate surface area is 185 Å². The van der Waals surface area contributed by atoms with Gasteiger partial charge < -0.3 is 24.3 Å². The lowest BCUT2D eigenvalue weighted by molar-refractivity contribution is -0.118. The second kappa shape index (κ2) is 9.57. The van der Waals surface area contributed by atoms with Crippen LogP contribution in [0.4, 0.5) is 11.4 Å². The van der Waals surface area contributed by atoms with Gasteiger partial charge in [-0.2, -0.15) is 0 Å². The largest absolute Gasteiger partial charge is 0.484 e. The summed E-state index contributed by atoms with van der Waals surface area (Å²) in [5, 5.41) is 3.33. The Morgan fingerprint density at radius 3 is 2.45 bits per heavy atom. The molecule has 4 rings (SSSR count). The fraction of sp³-hybridized carbons (Fsp3) is 0.217. The molecule has 0 bridgehead atoms. The third-order valence-electron chi connectivity index (χ3n) is 4.98. The van der Waals surface area contributed by atoms with E-state index in [0.29, 0.717) is 48.4 Å². The zero-order valence-electron chi connectivity index (χ0n) is 16.8. The topological polar surface area (TPSA) is 75.0 Å². The van der Waals surface area contributed by atoms with Crippen molar-refractivity contribution in [1.82, 2.24) is 4.90 Å². The molecule has 7 nitrogen and oxygen atoms in total. The fourth-order valence-corrected chi connectivity index (χ4v) is 3.71. The summed E-state index contributed by atoms with van der Waals surface area (Å²) >= 11 is 6.48. The normalized spacial score (nSPS) is 13.7. The van der Waals surface area contributed by atoms with Crippen LogP contribution in [0.3, 0.4) is 0 Å². The maximum absolute atomic E-state index is 12.4. The van der Waals surface area contributed by atoms with E-state index in [-0.39, 0.29) is 18.4 Å². The third kappa shape index (κ3) is 5.19. The summed E-state index contributed by atoms with van der Waals surface area (Å²) in [5.41, 5.74) is 1.47. The highest BCUT2D eigenvalue weighted by Crippen LogP contribution is 2.30. The number of para-hydroxylation sites is 1. The number of furan rings is 1. The molecule has 1 saturated heterocycles. The molecule has 1 N–H and O–H groups in total. The van der Waals surface area contributed by atoms with Crippen LogP contribution in [-0.4, -0.2) is 49.5 Å². The highest BCUT2D eigenvalue weighted by molar-refractivity contribution is 6.33. The van der Waals surface area contributed by atoms with Crippen LogP contribution in [0.15, 0.2) is 71.3 Å². The van der Waals surface area contributed by atoms with E-state index in [1.807, 2.05) is 30.3 Å². The van der Waals surface area contributed by atoms with Crippen molar-refractivity contribution in [3.05, 3.63) is 77.7 Å². The molecule has 1 aliphatic rings. The van der Waals surface area contributed by atoms with Crippen LogP contribution in [0.1, 0.15) is 10.6 Å². The molecule has 0 saturated carbocycles. The van der Waals surface area contributed by atoms with E-state index in [9.17, 15) is 9.59 Å². The lowest BCUT2D eigenvalue weighted by Gasteiger charge is -2.36. The molecule has 0 radical (unpaired) electrons. The first kappa shape index (κ1) is 20.8.